The molecular weight excluding hydrogens is 178 g/mol. The minimum Gasteiger partial charge on any atom is -0.352 e. The third-order valence-corrected chi connectivity index (χ3v) is 2.69. The van der Waals surface area contributed by atoms with E-state index in [1.807, 2.05) is 0 Å². The molecule has 0 spiro atoms. The lowest BCUT2D eigenvalue weighted by Crippen LogP contribution is -2.57. The van der Waals surface area contributed by atoms with Gasteiger partial charge in [0, 0.05) is 25.7 Å². The summed E-state index contributed by atoms with van der Waals surface area (Å²) in [5.41, 5.74) is 0. The summed E-state index contributed by atoms with van der Waals surface area (Å²) in [6, 6.07) is 0.274. The lowest BCUT2D eigenvalue weighted by Gasteiger charge is -2.25. The Morgan fingerprint density at radius 2 is 2.14 bits per heavy atom. The summed E-state index contributed by atoms with van der Waals surface area (Å²) >= 11 is 0. The molecule has 1 unspecified atom stereocenters. The van der Waals surface area contributed by atoms with E-state index in [4.69, 9.17) is 0 Å². The maximum atomic E-state index is 11.7. The van der Waals surface area contributed by atoms with Crippen LogP contribution in [0.3, 0.4) is 0 Å². The van der Waals surface area contributed by atoms with Crippen molar-refractivity contribution in [1.82, 2.24) is 16.0 Å². The molecule has 1 heterocycles. The molecule has 0 saturated carbocycles. The van der Waals surface area contributed by atoms with Crippen LogP contribution in [-0.2, 0) is 4.79 Å². The maximum Gasteiger partial charge on any atom is 0.238 e. The highest BCUT2D eigenvalue weighted by Crippen LogP contribution is 1.97. The molecule has 14 heavy (non-hydrogen) atoms. The van der Waals surface area contributed by atoms with Crippen molar-refractivity contribution in [3.63, 3.8) is 0 Å². The molecule has 0 bridgehead atoms. The molecule has 0 aromatic rings. The summed E-state index contributed by atoms with van der Waals surface area (Å²) in [4.78, 5) is 11.7. The summed E-state index contributed by atoms with van der Waals surface area (Å²) in [6.07, 6.45) is 2.00. The zero-order valence-corrected chi connectivity index (χ0v) is 9.10. The van der Waals surface area contributed by atoms with Crippen molar-refractivity contribution in [3.05, 3.63) is 0 Å². The summed E-state index contributed by atoms with van der Waals surface area (Å²) in [5.74, 6) is 0.130. The molecule has 1 aliphatic heterocycles. The summed E-state index contributed by atoms with van der Waals surface area (Å²) in [5, 5.41) is 9.44. The molecule has 4 heteroatoms. The van der Waals surface area contributed by atoms with Gasteiger partial charge in [0.15, 0.2) is 0 Å². The van der Waals surface area contributed by atoms with E-state index in [1.165, 1.54) is 0 Å². The van der Waals surface area contributed by atoms with E-state index < -0.39 is 0 Å². The summed E-state index contributed by atoms with van der Waals surface area (Å²) in [7, 11) is 0. The second kappa shape index (κ2) is 5.98. The quantitative estimate of drug-likeness (QED) is 0.590. The van der Waals surface area contributed by atoms with Crippen molar-refractivity contribution in [2.75, 3.05) is 19.6 Å². The van der Waals surface area contributed by atoms with E-state index in [0.717, 1.165) is 32.5 Å². The highest BCUT2D eigenvalue weighted by atomic mass is 16.2. The van der Waals surface area contributed by atoms with Gasteiger partial charge < -0.3 is 16.0 Å². The van der Waals surface area contributed by atoms with E-state index in [1.54, 1.807) is 0 Å². The van der Waals surface area contributed by atoms with Gasteiger partial charge in [-0.2, -0.15) is 0 Å². The number of hydrogen-bond donors (Lipinski definition) is 3. The average molecular weight is 199 g/mol. The largest absolute Gasteiger partial charge is 0.352 e. The number of carbonyl (C=O) groups excluding carboxylic acids is 1. The van der Waals surface area contributed by atoms with Gasteiger partial charge in [-0.05, 0) is 12.8 Å². The Morgan fingerprint density at radius 1 is 1.43 bits per heavy atom. The van der Waals surface area contributed by atoms with Gasteiger partial charge in [-0.3, -0.25) is 4.79 Å². The smallest absolute Gasteiger partial charge is 0.238 e. The van der Waals surface area contributed by atoms with Crippen LogP contribution < -0.4 is 16.0 Å². The summed E-state index contributed by atoms with van der Waals surface area (Å²) in [6.45, 7) is 6.77. The van der Waals surface area contributed by atoms with Crippen molar-refractivity contribution in [3.8, 4) is 0 Å². The maximum absolute atomic E-state index is 11.7. The first-order valence-corrected chi connectivity index (χ1v) is 5.52. The van der Waals surface area contributed by atoms with Gasteiger partial charge in [0.2, 0.25) is 5.91 Å². The fourth-order valence-corrected chi connectivity index (χ4v) is 1.63. The van der Waals surface area contributed by atoms with Gasteiger partial charge in [0.25, 0.3) is 0 Å². The van der Waals surface area contributed by atoms with Gasteiger partial charge >= 0.3 is 0 Å². The van der Waals surface area contributed by atoms with E-state index in [2.05, 4.69) is 29.8 Å². The first kappa shape index (κ1) is 11.5. The molecule has 4 nitrogen and oxygen atoms in total. The predicted octanol–water partition coefficient (Wildman–Crippen LogP) is -0.147. The Balaban J connectivity index is 2.32. The zero-order valence-electron chi connectivity index (χ0n) is 9.10. The van der Waals surface area contributed by atoms with E-state index in [0.29, 0.717) is 6.04 Å². The van der Waals surface area contributed by atoms with Gasteiger partial charge in [0.1, 0.15) is 0 Å². The van der Waals surface area contributed by atoms with Gasteiger partial charge in [-0.25, -0.2) is 0 Å². The fourth-order valence-electron chi connectivity index (χ4n) is 1.63. The Kier molecular flexibility index (Phi) is 4.90. The van der Waals surface area contributed by atoms with Crippen LogP contribution in [0, 0.1) is 0 Å². The zero-order chi connectivity index (χ0) is 10.4. The lowest BCUT2D eigenvalue weighted by atomic mass is 10.1. The highest BCUT2D eigenvalue weighted by Gasteiger charge is 2.21. The van der Waals surface area contributed by atoms with Crippen LogP contribution in [0.5, 0.6) is 0 Å². The highest BCUT2D eigenvalue weighted by molar-refractivity contribution is 5.82. The third kappa shape index (κ3) is 3.27. The van der Waals surface area contributed by atoms with Crippen LogP contribution in [-0.4, -0.2) is 37.6 Å². The van der Waals surface area contributed by atoms with Crippen LogP contribution in [0.1, 0.15) is 26.7 Å². The number of hydrogen-bond acceptors (Lipinski definition) is 3. The first-order chi connectivity index (χ1) is 6.77. The Labute approximate surface area is 85.8 Å². The Morgan fingerprint density at radius 3 is 2.64 bits per heavy atom. The van der Waals surface area contributed by atoms with Crippen molar-refractivity contribution in [2.24, 2.45) is 0 Å². The molecule has 1 rings (SSSR count). The number of amides is 1. The number of carbonyl (C=O) groups is 1. The average Bonchev–Trinajstić information content (AvgIpc) is 2.26. The number of rotatable bonds is 4. The van der Waals surface area contributed by atoms with Crippen LogP contribution in [0.4, 0.5) is 0 Å². The number of piperazine rings is 1. The first-order valence-electron chi connectivity index (χ1n) is 5.52. The summed E-state index contributed by atoms with van der Waals surface area (Å²) < 4.78 is 0. The predicted molar refractivity (Wildman–Crippen MR) is 57.2 cm³/mol. The molecule has 1 aliphatic rings. The molecule has 0 aromatic carbocycles. The molecule has 1 saturated heterocycles. The molecule has 3 N–H and O–H groups in total. The number of nitrogens with one attached hydrogen (secondary N) is 3. The normalized spacial score (nSPS) is 22.4. The minimum absolute atomic E-state index is 0.0515. The van der Waals surface area contributed by atoms with E-state index in [-0.39, 0.29) is 11.9 Å². The van der Waals surface area contributed by atoms with E-state index in [9.17, 15) is 4.79 Å². The van der Waals surface area contributed by atoms with Crippen molar-refractivity contribution >= 4 is 5.91 Å². The van der Waals surface area contributed by atoms with Crippen molar-refractivity contribution in [1.29, 1.82) is 0 Å². The molecule has 82 valence electrons. The molecule has 1 fully saturated rings. The molecule has 1 atom stereocenters. The van der Waals surface area contributed by atoms with Crippen LogP contribution in [0.2, 0.25) is 0 Å². The van der Waals surface area contributed by atoms with Crippen molar-refractivity contribution < 1.29 is 4.79 Å². The SMILES string of the molecule is CCC(CC)NC(=O)C1CNCCN1. The molecule has 0 aliphatic carbocycles. The Bertz CT molecular complexity index is 174. The standard InChI is InChI=1S/C10H21N3O/c1-3-8(4-2)13-10(14)9-7-11-5-6-12-9/h8-9,11-12H,3-7H2,1-2H3,(H,13,14). The molecular formula is C10H21N3O. The fraction of sp³-hybridized carbons (Fsp3) is 0.900. The molecule has 0 radical (unpaired) electrons. The Hall–Kier alpha value is -0.610. The van der Waals surface area contributed by atoms with Gasteiger partial charge in [0.05, 0.1) is 6.04 Å². The monoisotopic (exact) mass is 199 g/mol. The third-order valence-electron chi connectivity index (χ3n) is 2.69. The minimum atomic E-state index is -0.0515. The molecule has 0 aromatic heterocycles. The van der Waals surface area contributed by atoms with E-state index >= 15 is 0 Å². The second-order valence-electron chi connectivity index (χ2n) is 3.73. The molecule has 1 amide bonds. The second-order valence-corrected chi connectivity index (χ2v) is 3.73. The topological polar surface area (TPSA) is 53.2 Å². The lowest BCUT2D eigenvalue weighted by molar-refractivity contribution is -0.124. The van der Waals surface area contributed by atoms with Crippen molar-refractivity contribution in [2.45, 2.75) is 38.8 Å². The van der Waals surface area contributed by atoms with Gasteiger partial charge in [-0.15, -0.1) is 0 Å². The van der Waals surface area contributed by atoms with Gasteiger partial charge in [-0.1, -0.05) is 13.8 Å². The van der Waals surface area contributed by atoms with Crippen LogP contribution >= 0.6 is 0 Å². The van der Waals surface area contributed by atoms with Crippen LogP contribution in [0.25, 0.3) is 0 Å². The van der Waals surface area contributed by atoms with Crippen LogP contribution in [0.15, 0.2) is 0 Å².